The second-order valence-electron chi connectivity index (χ2n) is 8.90. The topological polar surface area (TPSA) is 0 Å². The Morgan fingerprint density at radius 3 is 1.77 bits per heavy atom. The summed E-state index contributed by atoms with van der Waals surface area (Å²) in [5, 5.41) is 5.39. The van der Waals surface area contributed by atoms with Crippen molar-refractivity contribution in [1.82, 2.24) is 0 Å². The maximum absolute atomic E-state index is 3.40. The molecule has 3 heteroatoms. The van der Waals surface area contributed by atoms with Crippen LogP contribution in [0.4, 0.5) is 0 Å². The van der Waals surface area contributed by atoms with Crippen LogP contribution in [-0.4, -0.2) is 3.21 Å². The van der Waals surface area contributed by atoms with Crippen LogP contribution in [0.25, 0.3) is 21.5 Å². The summed E-state index contributed by atoms with van der Waals surface area (Å²) in [6.45, 7) is 13.2. The molecule has 0 aromatic heterocycles. The van der Waals surface area contributed by atoms with Crippen LogP contribution in [0.15, 0.2) is 72.3 Å². The Bertz CT molecular complexity index is 948. The molecule has 4 rings (SSSR count). The van der Waals surface area contributed by atoms with E-state index in [0.717, 1.165) is 0 Å². The van der Waals surface area contributed by atoms with E-state index < -0.39 is 0 Å². The number of hydrogen-bond donors (Lipinski definition) is 0. The quantitative estimate of drug-likeness (QED) is 0.444. The predicted molar refractivity (Wildman–Crippen MR) is 127 cm³/mol. The first-order chi connectivity index (χ1) is 13.7. The summed E-state index contributed by atoms with van der Waals surface area (Å²) in [6.07, 6.45) is 10.4. The molecule has 166 valence electrons. The van der Waals surface area contributed by atoms with Crippen molar-refractivity contribution in [3.63, 3.8) is 0 Å². The van der Waals surface area contributed by atoms with Gasteiger partial charge in [0.2, 0.25) is 0 Å². The molecule has 1 unspecified atom stereocenters. The van der Waals surface area contributed by atoms with Crippen molar-refractivity contribution < 1.29 is 49.0 Å². The van der Waals surface area contributed by atoms with Gasteiger partial charge in [0, 0.05) is 0 Å². The van der Waals surface area contributed by atoms with E-state index in [1.54, 1.807) is 24.2 Å². The molecular weight excluding hydrogens is 498 g/mol. The van der Waals surface area contributed by atoms with Crippen LogP contribution in [0.3, 0.4) is 0 Å². The van der Waals surface area contributed by atoms with E-state index in [1.165, 1.54) is 43.2 Å². The van der Waals surface area contributed by atoms with Crippen molar-refractivity contribution in [3.05, 3.63) is 78.4 Å². The van der Waals surface area contributed by atoms with Gasteiger partial charge in [-0.3, -0.25) is 6.08 Å². The van der Waals surface area contributed by atoms with E-state index in [4.69, 9.17) is 0 Å². The maximum atomic E-state index is 3.40. The molecule has 0 amide bonds. The second kappa shape index (κ2) is 14.3. The van der Waals surface area contributed by atoms with Gasteiger partial charge in [-0.2, -0.15) is 11.6 Å². The SMILES string of the molecule is CCCC1[C-]=CC(C(C)(C)C)=C1.C[C](C)=[Zr+2].[Cl-].[Cl-].c1ccc2c(c1)[cH-]c1ccccc12. The van der Waals surface area contributed by atoms with Gasteiger partial charge in [-0.05, 0) is 0 Å². The fourth-order valence-electron chi connectivity index (χ4n) is 3.36. The van der Waals surface area contributed by atoms with Crippen molar-refractivity contribution in [2.45, 2.75) is 54.4 Å². The predicted octanol–water partition coefficient (Wildman–Crippen LogP) is 2.21. The Morgan fingerprint density at radius 2 is 1.39 bits per heavy atom. The average molecular weight is 533 g/mol. The van der Waals surface area contributed by atoms with E-state index in [9.17, 15) is 0 Å². The van der Waals surface area contributed by atoms with Gasteiger partial charge >= 0.3 is 41.3 Å². The fourth-order valence-corrected chi connectivity index (χ4v) is 3.36. The third-order valence-electron chi connectivity index (χ3n) is 4.82. The molecule has 0 aliphatic heterocycles. The minimum atomic E-state index is 0. The molecule has 3 aromatic carbocycles. The van der Waals surface area contributed by atoms with Gasteiger partial charge < -0.3 is 24.8 Å². The number of fused-ring (bicyclic) bond motifs is 3. The molecular formula is C28H34Cl2Zr-2. The van der Waals surface area contributed by atoms with E-state index in [1.807, 2.05) is 0 Å². The van der Waals surface area contributed by atoms with Crippen LogP contribution in [0.5, 0.6) is 0 Å². The molecule has 0 bridgehead atoms. The molecule has 0 radical (unpaired) electrons. The molecule has 0 nitrogen and oxygen atoms in total. The van der Waals surface area contributed by atoms with Crippen LogP contribution in [0.1, 0.15) is 54.4 Å². The molecule has 31 heavy (non-hydrogen) atoms. The zero-order chi connectivity index (χ0) is 21.4. The van der Waals surface area contributed by atoms with Crippen molar-refractivity contribution in [2.75, 3.05) is 0 Å². The number of allylic oxidation sites excluding steroid dienone is 4. The number of hydrogen-bond acceptors (Lipinski definition) is 0. The molecule has 1 aliphatic rings. The molecule has 1 atom stereocenters. The summed E-state index contributed by atoms with van der Waals surface area (Å²) in [5.41, 5.74) is 1.75. The van der Waals surface area contributed by atoms with E-state index in [-0.39, 0.29) is 24.8 Å². The Kier molecular flexibility index (Phi) is 13.9. The fraction of sp³-hybridized carbons (Fsp3) is 0.357. The molecule has 3 aromatic rings. The number of halogens is 2. The Morgan fingerprint density at radius 1 is 0.935 bits per heavy atom. The van der Waals surface area contributed by atoms with Crippen molar-refractivity contribution in [3.8, 4) is 0 Å². The third-order valence-corrected chi connectivity index (χ3v) is 4.82. The summed E-state index contributed by atoms with van der Waals surface area (Å²) < 4.78 is 1.51. The van der Waals surface area contributed by atoms with Crippen LogP contribution in [0, 0.1) is 17.4 Å². The maximum Gasteiger partial charge on any atom is -0.0771 e. The standard InChI is InChI=1S/C13H9.C12H19.C3H6.2ClH.Zr/c1-3-7-12-10(5-1)9-11-6-2-4-8-13(11)12;1-5-6-10-7-8-11(9-10)12(2,3)4;1-3-2;;;/h1-9H;8-10H,5-6H2,1-4H3;1-2H3;2*1H;/q2*-1;;;;+2/p-2. The van der Waals surface area contributed by atoms with Gasteiger partial charge in [-0.1, -0.05) is 88.3 Å². The third kappa shape index (κ3) is 9.65. The van der Waals surface area contributed by atoms with Gasteiger partial charge in [0.25, 0.3) is 0 Å². The summed E-state index contributed by atoms with van der Waals surface area (Å²) in [7, 11) is 0. The van der Waals surface area contributed by atoms with Crippen LogP contribution < -0.4 is 24.8 Å². The largest absolute Gasteiger partial charge is 1.00 e. The summed E-state index contributed by atoms with van der Waals surface area (Å²) >= 11 is 1.55. The average Bonchev–Trinajstić information content (AvgIpc) is 3.26. The van der Waals surface area contributed by atoms with E-state index in [2.05, 4.69) is 114 Å². The zero-order valence-electron chi connectivity index (χ0n) is 19.6. The van der Waals surface area contributed by atoms with Gasteiger partial charge in [0.05, 0.1) is 0 Å². The molecule has 0 saturated carbocycles. The summed E-state index contributed by atoms with van der Waals surface area (Å²) in [6, 6.07) is 19.3. The first-order valence-corrected chi connectivity index (χ1v) is 11.8. The van der Waals surface area contributed by atoms with E-state index in [0.29, 0.717) is 11.3 Å². The summed E-state index contributed by atoms with van der Waals surface area (Å²) in [5.74, 6) is 0.587. The molecule has 0 heterocycles. The summed E-state index contributed by atoms with van der Waals surface area (Å²) in [4.78, 5) is 0. The van der Waals surface area contributed by atoms with E-state index >= 15 is 0 Å². The molecule has 0 N–H and O–H groups in total. The van der Waals surface area contributed by atoms with Gasteiger partial charge in [0.15, 0.2) is 0 Å². The normalized spacial score (nSPS) is 14.5. The van der Waals surface area contributed by atoms with Gasteiger partial charge in [-0.25, -0.2) is 6.08 Å². The Balaban J connectivity index is 0.000000473. The monoisotopic (exact) mass is 530 g/mol. The first-order valence-electron chi connectivity index (χ1n) is 10.6. The number of rotatable bonds is 2. The zero-order valence-corrected chi connectivity index (χ0v) is 23.6. The van der Waals surface area contributed by atoms with Crippen LogP contribution in [-0.2, 0) is 24.2 Å². The van der Waals surface area contributed by atoms with Crippen molar-refractivity contribution >= 4 is 24.8 Å². The molecule has 0 saturated heterocycles. The minimum absolute atomic E-state index is 0. The molecule has 1 aliphatic carbocycles. The Hall–Kier alpha value is -0.877. The van der Waals surface area contributed by atoms with Crippen molar-refractivity contribution in [1.29, 1.82) is 0 Å². The van der Waals surface area contributed by atoms with Crippen molar-refractivity contribution in [2.24, 2.45) is 11.3 Å². The van der Waals surface area contributed by atoms with Crippen LogP contribution >= 0.6 is 0 Å². The van der Waals surface area contributed by atoms with Gasteiger partial charge in [0.1, 0.15) is 0 Å². The first kappa shape index (κ1) is 30.1. The molecule has 0 fully saturated rings. The number of benzene rings is 2. The second-order valence-corrected chi connectivity index (χ2v) is 11.4. The van der Waals surface area contributed by atoms with Gasteiger partial charge in [-0.15, -0.1) is 39.7 Å². The smallest absolute Gasteiger partial charge is 0.0771 e. The molecule has 0 spiro atoms. The Labute approximate surface area is 216 Å². The minimum Gasteiger partial charge on any atom is -1.00 e. The van der Waals surface area contributed by atoms with Crippen LogP contribution in [0.2, 0.25) is 0 Å².